The fourth-order valence-corrected chi connectivity index (χ4v) is 3.36. The summed E-state index contributed by atoms with van der Waals surface area (Å²) in [6.07, 6.45) is 0. The van der Waals surface area contributed by atoms with Crippen molar-refractivity contribution in [2.45, 2.75) is 13.0 Å². The van der Waals surface area contributed by atoms with Crippen molar-refractivity contribution in [2.24, 2.45) is 0 Å². The number of aromatic nitrogens is 1. The van der Waals surface area contributed by atoms with E-state index in [4.69, 9.17) is 4.74 Å². The number of anilines is 1. The molecule has 0 spiro atoms. The van der Waals surface area contributed by atoms with Gasteiger partial charge in [-0.1, -0.05) is 48.5 Å². The minimum atomic E-state index is -0.221. The van der Waals surface area contributed by atoms with E-state index in [-0.39, 0.29) is 11.8 Å². The van der Waals surface area contributed by atoms with Crippen LogP contribution in [0.1, 0.15) is 22.9 Å². The Balaban J connectivity index is 1.81. The summed E-state index contributed by atoms with van der Waals surface area (Å²) in [5.41, 5.74) is 4.27. The summed E-state index contributed by atoms with van der Waals surface area (Å²) in [4.78, 5) is 4.55. The fourth-order valence-electron chi connectivity index (χ4n) is 3.36. The molecule has 4 aromatic rings. The van der Waals surface area contributed by atoms with Crippen molar-refractivity contribution in [3.63, 3.8) is 0 Å². The number of phenols is 1. The van der Waals surface area contributed by atoms with E-state index in [1.165, 1.54) is 0 Å². The summed E-state index contributed by atoms with van der Waals surface area (Å²) < 4.78 is 5.25. The Kier molecular flexibility index (Phi) is 4.85. The fraction of sp³-hybridized carbons (Fsp3) is 0.125. The molecule has 0 radical (unpaired) electrons. The Morgan fingerprint density at radius 3 is 2.32 bits per heavy atom. The van der Waals surface area contributed by atoms with Crippen LogP contribution in [0.25, 0.3) is 10.9 Å². The van der Waals surface area contributed by atoms with Gasteiger partial charge in [-0.3, -0.25) is 0 Å². The molecule has 2 N–H and O–H groups in total. The predicted molar refractivity (Wildman–Crippen MR) is 113 cm³/mol. The van der Waals surface area contributed by atoms with Crippen LogP contribution in [0.4, 0.5) is 5.69 Å². The maximum absolute atomic E-state index is 11.0. The molecule has 140 valence electrons. The Morgan fingerprint density at radius 2 is 1.61 bits per heavy atom. The Morgan fingerprint density at radius 1 is 0.893 bits per heavy atom. The molecule has 4 heteroatoms. The van der Waals surface area contributed by atoms with Crippen LogP contribution in [0.3, 0.4) is 0 Å². The highest BCUT2D eigenvalue weighted by molar-refractivity contribution is 5.86. The van der Waals surface area contributed by atoms with E-state index in [1.807, 2.05) is 73.7 Å². The van der Waals surface area contributed by atoms with E-state index in [1.54, 1.807) is 7.11 Å². The summed E-state index contributed by atoms with van der Waals surface area (Å²) >= 11 is 0. The van der Waals surface area contributed by atoms with Gasteiger partial charge in [-0.05, 0) is 42.8 Å². The molecule has 0 aliphatic carbocycles. The van der Waals surface area contributed by atoms with Gasteiger partial charge in [0.25, 0.3) is 0 Å². The highest BCUT2D eigenvalue weighted by Gasteiger charge is 2.20. The molecule has 0 bridgehead atoms. The lowest BCUT2D eigenvalue weighted by molar-refractivity contribution is 0.415. The van der Waals surface area contributed by atoms with Gasteiger partial charge in [0.2, 0.25) is 0 Å². The molecular weight excluding hydrogens is 348 g/mol. The molecular formula is C24H22N2O2. The summed E-state index contributed by atoms with van der Waals surface area (Å²) in [5, 5.41) is 15.5. The summed E-state index contributed by atoms with van der Waals surface area (Å²) in [7, 11) is 1.65. The van der Waals surface area contributed by atoms with E-state index >= 15 is 0 Å². The second-order valence-electron chi connectivity index (χ2n) is 6.74. The molecule has 0 fully saturated rings. The van der Waals surface area contributed by atoms with E-state index in [9.17, 15) is 5.11 Å². The van der Waals surface area contributed by atoms with E-state index in [0.29, 0.717) is 5.52 Å². The highest BCUT2D eigenvalue weighted by Crippen LogP contribution is 2.36. The third-order valence-corrected chi connectivity index (χ3v) is 4.85. The van der Waals surface area contributed by atoms with Crippen molar-refractivity contribution >= 4 is 16.6 Å². The minimum Gasteiger partial charge on any atom is -0.505 e. The quantitative estimate of drug-likeness (QED) is 0.490. The normalized spacial score (nSPS) is 11.9. The second kappa shape index (κ2) is 7.61. The zero-order valence-electron chi connectivity index (χ0n) is 15.9. The smallest absolute Gasteiger partial charge is 0.147 e. The van der Waals surface area contributed by atoms with Gasteiger partial charge in [0.05, 0.1) is 13.2 Å². The van der Waals surface area contributed by atoms with E-state index < -0.39 is 0 Å². The molecule has 0 amide bonds. The van der Waals surface area contributed by atoms with Gasteiger partial charge in [0.1, 0.15) is 17.0 Å². The Hall–Kier alpha value is -3.53. The molecule has 0 saturated heterocycles. The number of phenolic OH excluding ortho intramolecular Hbond substituents is 1. The molecule has 1 atom stereocenters. The first-order chi connectivity index (χ1) is 13.7. The second-order valence-corrected chi connectivity index (χ2v) is 6.74. The van der Waals surface area contributed by atoms with Crippen molar-refractivity contribution in [1.82, 2.24) is 4.98 Å². The molecule has 0 aliphatic rings. The average Bonchev–Trinajstić information content (AvgIpc) is 2.74. The number of fused-ring (bicyclic) bond motifs is 1. The molecule has 4 rings (SSSR count). The first-order valence-electron chi connectivity index (χ1n) is 9.20. The Bertz CT molecular complexity index is 1090. The Labute approximate surface area is 164 Å². The van der Waals surface area contributed by atoms with Gasteiger partial charge < -0.3 is 15.2 Å². The van der Waals surface area contributed by atoms with E-state index in [0.717, 1.165) is 33.6 Å². The average molecular weight is 370 g/mol. The standard InChI is InChI=1S/C24H22N2O2/c1-16-8-9-18-10-15-21(24(27)23(18)25-16)22(17-6-4-3-5-7-17)26-19-11-13-20(28-2)14-12-19/h3-15,22,26-27H,1-2H3. The maximum Gasteiger partial charge on any atom is 0.147 e. The van der Waals surface area contributed by atoms with Crippen molar-refractivity contribution in [3.8, 4) is 11.5 Å². The molecule has 3 aromatic carbocycles. The number of rotatable bonds is 5. The largest absolute Gasteiger partial charge is 0.505 e. The monoisotopic (exact) mass is 370 g/mol. The summed E-state index contributed by atoms with van der Waals surface area (Å²) in [6.45, 7) is 1.93. The van der Waals surface area contributed by atoms with Gasteiger partial charge >= 0.3 is 0 Å². The third-order valence-electron chi connectivity index (χ3n) is 4.85. The molecule has 1 unspecified atom stereocenters. The number of aromatic hydroxyl groups is 1. The van der Waals surface area contributed by atoms with Crippen LogP contribution in [-0.4, -0.2) is 17.2 Å². The lowest BCUT2D eigenvalue weighted by Crippen LogP contribution is -2.12. The first-order valence-corrected chi connectivity index (χ1v) is 9.20. The number of benzene rings is 3. The van der Waals surface area contributed by atoms with Gasteiger partial charge in [-0.25, -0.2) is 4.98 Å². The molecule has 1 heterocycles. The van der Waals surface area contributed by atoms with Gasteiger partial charge in [0, 0.05) is 22.3 Å². The number of nitrogens with zero attached hydrogens (tertiary/aromatic N) is 1. The zero-order valence-corrected chi connectivity index (χ0v) is 15.9. The minimum absolute atomic E-state index is 0.205. The molecule has 0 aliphatic heterocycles. The lowest BCUT2D eigenvalue weighted by Gasteiger charge is -2.22. The van der Waals surface area contributed by atoms with Crippen LogP contribution in [-0.2, 0) is 0 Å². The number of ether oxygens (including phenoxy) is 1. The lowest BCUT2D eigenvalue weighted by atomic mass is 9.96. The number of aryl methyl sites for hydroxylation is 1. The first kappa shape index (κ1) is 17.9. The van der Waals surface area contributed by atoms with Gasteiger partial charge in [-0.15, -0.1) is 0 Å². The maximum atomic E-state index is 11.0. The SMILES string of the molecule is COc1ccc(NC(c2ccccc2)c2ccc3ccc(C)nc3c2O)cc1. The predicted octanol–water partition coefficient (Wildman–Crippen LogP) is 5.46. The summed E-state index contributed by atoms with van der Waals surface area (Å²) in [6, 6.07) is 25.5. The number of nitrogens with one attached hydrogen (secondary N) is 1. The topological polar surface area (TPSA) is 54.4 Å². The molecule has 1 aromatic heterocycles. The number of hydrogen-bond donors (Lipinski definition) is 2. The van der Waals surface area contributed by atoms with Crippen LogP contribution < -0.4 is 10.1 Å². The van der Waals surface area contributed by atoms with Crippen LogP contribution in [0.5, 0.6) is 11.5 Å². The zero-order chi connectivity index (χ0) is 19.5. The molecule has 4 nitrogen and oxygen atoms in total. The van der Waals surface area contributed by atoms with Crippen molar-refractivity contribution in [1.29, 1.82) is 0 Å². The van der Waals surface area contributed by atoms with Gasteiger partial charge in [0.15, 0.2) is 0 Å². The highest BCUT2D eigenvalue weighted by atomic mass is 16.5. The summed E-state index contributed by atoms with van der Waals surface area (Å²) in [5.74, 6) is 1.01. The van der Waals surface area contributed by atoms with Crippen LogP contribution >= 0.6 is 0 Å². The van der Waals surface area contributed by atoms with Crippen LogP contribution in [0, 0.1) is 6.92 Å². The number of hydrogen-bond acceptors (Lipinski definition) is 4. The molecule has 0 saturated carbocycles. The van der Waals surface area contributed by atoms with Crippen molar-refractivity contribution in [3.05, 3.63) is 95.7 Å². The number of methoxy groups -OCH3 is 1. The number of pyridine rings is 1. The van der Waals surface area contributed by atoms with Crippen molar-refractivity contribution < 1.29 is 9.84 Å². The third kappa shape index (κ3) is 3.49. The van der Waals surface area contributed by atoms with Crippen LogP contribution in [0.15, 0.2) is 78.9 Å². The van der Waals surface area contributed by atoms with E-state index in [2.05, 4.69) is 22.4 Å². The molecule has 28 heavy (non-hydrogen) atoms. The van der Waals surface area contributed by atoms with Gasteiger partial charge in [-0.2, -0.15) is 0 Å². The van der Waals surface area contributed by atoms with Crippen molar-refractivity contribution in [2.75, 3.05) is 12.4 Å². The van der Waals surface area contributed by atoms with Crippen LogP contribution in [0.2, 0.25) is 0 Å².